The first-order chi connectivity index (χ1) is 15.1. The van der Waals surface area contributed by atoms with E-state index in [4.69, 9.17) is 11.6 Å². The summed E-state index contributed by atoms with van der Waals surface area (Å²) in [7, 11) is 0. The molecule has 0 saturated carbocycles. The van der Waals surface area contributed by atoms with Crippen molar-refractivity contribution in [3.8, 4) is 0 Å². The number of carbonyl (C=O) groups is 3. The largest absolute Gasteiger partial charge is 0.343 e. The standard InChI is InChI=1S/C24H27ClFN3O3/c1-24(2,3)17-6-4-16(5-7-17)22(31)27-15-21(30)28-10-12-29(13-11-28)23(32)19-9-8-18(26)14-20(19)25/h4-9,14H,10-13,15H2,1-3H3,(H,27,31). The Balaban J connectivity index is 1.49. The van der Waals surface area contributed by atoms with Gasteiger partial charge in [0.25, 0.3) is 11.8 Å². The van der Waals surface area contributed by atoms with Gasteiger partial charge in [0.05, 0.1) is 17.1 Å². The predicted octanol–water partition coefficient (Wildman–Crippen LogP) is 3.49. The molecule has 0 spiro atoms. The van der Waals surface area contributed by atoms with Gasteiger partial charge in [-0.2, -0.15) is 0 Å². The number of carbonyl (C=O) groups excluding carboxylic acids is 3. The van der Waals surface area contributed by atoms with Gasteiger partial charge in [-0.25, -0.2) is 4.39 Å². The van der Waals surface area contributed by atoms with Crippen molar-refractivity contribution in [2.45, 2.75) is 26.2 Å². The van der Waals surface area contributed by atoms with Crippen LogP contribution in [0.25, 0.3) is 0 Å². The number of amides is 3. The summed E-state index contributed by atoms with van der Waals surface area (Å²) in [6, 6.07) is 11.0. The Kier molecular flexibility index (Phi) is 7.19. The van der Waals surface area contributed by atoms with Gasteiger partial charge in [-0.05, 0) is 41.3 Å². The molecule has 3 rings (SSSR count). The van der Waals surface area contributed by atoms with Gasteiger partial charge < -0.3 is 15.1 Å². The first-order valence-corrected chi connectivity index (χ1v) is 10.8. The van der Waals surface area contributed by atoms with Crippen LogP contribution in [-0.4, -0.2) is 60.2 Å². The monoisotopic (exact) mass is 459 g/mol. The van der Waals surface area contributed by atoms with Crippen molar-refractivity contribution in [3.63, 3.8) is 0 Å². The molecule has 0 aromatic heterocycles. The number of piperazine rings is 1. The van der Waals surface area contributed by atoms with Crippen LogP contribution in [0.15, 0.2) is 42.5 Å². The fraction of sp³-hybridized carbons (Fsp3) is 0.375. The van der Waals surface area contributed by atoms with E-state index < -0.39 is 5.82 Å². The zero-order valence-electron chi connectivity index (χ0n) is 18.5. The Hall–Kier alpha value is -2.93. The zero-order chi connectivity index (χ0) is 23.5. The summed E-state index contributed by atoms with van der Waals surface area (Å²) in [5.74, 6) is -1.32. The lowest BCUT2D eigenvalue weighted by atomic mass is 9.87. The average Bonchev–Trinajstić information content (AvgIpc) is 2.76. The summed E-state index contributed by atoms with van der Waals surface area (Å²) in [5, 5.41) is 2.72. The molecule has 3 amide bonds. The van der Waals surface area contributed by atoms with Crippen LogP contribution in [0.1, 0.15) is 47.1 Å². The highest BCUT2D eigenvalue weighted by molar-refractivity contribution is 6.33. The molecule has 0 unspecified atom stereocenters. The third kappa shape index (κ3) is 5.65. The van der Waals surface area contributed by atoms with Gasteiger partial charge in [-0.1, -0.05) is 44.5 Å². The van der Waals surface area contributed by atoms with E-state index in [1.165, 1.54) is 12.1 Å². The third-order valence-electron chi connectivity index (χ3n) is 5.49. The molecular weight excluding hydrogens is 433 g/mol. The van der Waals surface area contributed by atoms with E-state index in [1.54, 1.807) is 21.9 Å². The third-order valence-corrected chi connectivity index (χ3v) is 5.81. The molecule has 1 aliphatic rings. The molecule has 0 radical (unpaired) electrons. The summed E-state index contributed by atoms with van der Waals surface area (Å²) in [6.45, 7) is 7.55. The highest BCUT2D eigenvalue weighted by Crippen LogP contribution is 2.22. The van der Waals surface area contributed by atoms with Gasteiger partial charge in [0.15, 0.2) is 0 Å². The SMILES string of the molecule is CC(C)(C)c1ccc(C(=O)NCC(=O)N2CCN(C(=O)c3ccc(F)cc3Cl)CC2)cc1. The number of halogens is 2. The minimum absolute atomic E-state index is 0.00344. The van der Waals surface area contributed by atoms with Gasteiger partial charge in [0, 0.05) is 31.7 Å². The van der Waals surface area contributed by atoms with Crippen molar-refractivity contribution in [1.29, 1.82) is 0 Å². The second kappa shape index (κ2) is 9.69. The Labute approximate surface area is 192 Å². The molecule has 1 aliphatic heterocycles. The average molecular weight is 460 g/mol. The summed E-state index contributed by atoms with van der Waals surface area (Å²) in [6.07, 6.45) is 0. The lowest BCUT2D eigenvalue weighted by molar-refractivity contribution is -0.131. The van der Waals surface area contributed by atoms with Crippen LogP contribution < -0.4 is 5.32 Å². The van der Waals surface area contributed by atoms with Crippen LogP contribution in [0.2, 0.25) is 5.02 Å². The molecule has 8 heteroatoms. The quantitative estimate of drug-likeness (QED) is 0.760. The van der Waals surface area contributed by atoms with Gasteiger partial charge in [0.2, 0.25) is 5.91 Å². The molecule has 1 fully saturated rings. The lowest BCUT2D eigenvalue weighted by Gasteiger charge is -2.35. The molecule has 0 atom stereocenters. The summed E-state index contributed by atoms with van der Waals surface area (Å²) >= 11 is 5.98. The van der Waals surface area contributed by atoms with Crippen molar-refractivity contribution in [2.75, 3.05) is 32.7 Å². The number of benzene rings is 2. The maximum atomic E-state index is 13.2. The number of hydrogen-bond acceptors (Lipinski definition) is 3. The zero-order valence-corrected chi connectivity index (χ0v) is 19.2. The predicted molar refractivity (Wildman–Crippen MR) is 121 cm³/mol. The molecule has 170 valence electrons. The summed E-state index contributed by atoms with van der Waals surface area (Å²) in [5.41, 5.74) is 1.85. The van der Waals surface area contributed by atoms with Crippen LogP contribution in [0.4, 0.5) is 4.39 Å². The second-order valence-electron chi connectivity index (χ2n) is 8.81. The maximum absolute atomic E-state index is 13.2. The Morgan fingerprint density at radius 3 is 2.12 bits per heavy atom. The number of nitrogens with one attached hydrogen (secondary N) is 1. The number of nitrogens with zero attached hydrogens (tertiary/aromatic N) is 2. The van der Waals surface area contributed by atoms with Crippen LogP contribution in [0, 0.1) is 5.82 Å². The topological polar surface area (TPSA) is 69.7 Å². The van der Waals surface area contributed by atoms with Crippen LogP contribution in [0.3, 0.4) is 0 Å². The highest BCUT2D eigenvalue weighted by atomic mass is 35.5. The molecule has 2 aromatic rings. The van der Waals surface area contributed by atoms with Crippen molar-refractivity contribution in [1.82, 2.24) is 15.1 Å². The molecule has 32 heavy (non-hydrogen) atoms. The summed E-state index contributed by atoms with van der Waals surface area (Å²) in [4.78, 5) is 40.7. The van der Waals surface area contributed by atoms with Crippen LogP contribution in [0.5, 0.6) is 0 Å². The molecule has 2 aromatic carbocycles. The Morgan fingerprint density at radius 2 is 1.56 bits per heavy atom. The first-order valence-electron chi connectivity index (χ1n) is 10.5. The van der Waals surface area contributed by atoms with E-state index in [0.29, 0.717) is 31.7 Å². The second-order valence-corrected chi connectivity index (χ2v) is 9.21. The van der Waals surface area contributed by atoms with E-state index in [0.717, 1.165) is 11.6 Å². The molecule has 1 saturated heterocycles. The van der Waals surface area contributed by atoms with E-state index in [2.05, 4.69) is 26.1 Å². The molecule has 6 nitrogen and oxygen atoms in total. The fourth-order valence-electron chi connectivity index (χ4n) is 3.48. The van der Waals surface area contributed by atoms with Gasteiger partial charge in [-0.3, -0.25) is 14.4 Å². The molecule has 0 aliphatic carbocycles. The van der Waals surface area contributed by atoms with E-state index >= 15 is 0 Å². The molecule has 1 N–H and O–H groups in total. The highest BCUT2D eigenvalue weighted by Gasteiger charge is 2.26. The van der Waals surface area contributed by atoms with Crippen molar-refractivity contribution in [3.05, 3.63) is 70.0 Å². The smallest absolute Gasteiger partial charge is 0.255 e. The van der Waals surface area contributed by atoms with Crippen molar-refractivity contribution in [2.24, 2.45) is 0 Å². The van der Waals surface area contributed by atoms with Crippen LogP contribution in [-0.2, 0) is 10.2 Å². The summed E-state index contributed by atoms with van der Waals surface area (Å²) < 4.78 is 13.2. The van der Waals surface area contributed by atoms with Crippen molar-refractivity contribution >= 4 is 29.3 Å². The lowest BCUT2D eigenvalue weighted by Crippen LogP contribution is -2.52. The first kappa shape index (κ1) is 23.7. The van der Waals surface area contributed by atoms with E-state index in [-0.39, 0.29) is 40.3 Å². The van der Waals surface area contributed by atoms with Gasteiger partial charge in [-0.15, -0.1) is 0 Å². The van der Waals surface area contributed by atoms with Crippen LogP contribution >= 0.6 is 11.6 Å². The fourth-order valence-corrected chi connectivity index (χ4v) is 3.73. The molecule has 1 heterocycles. The van der Waals surface area contributed by atoms with E-state index in [1.807, 2.05) is 12.1 Å². The molecular formula is C24H27ClFN3O3. The van der Waals surface area contributed by atoms with Gasteiger partial charge >= 0.3 is 0 Å². The van der Waals surface area contributed by atoms with Gasteiger partial charge in [0.1, 0.15) is 5.82 Å². The number of rotatable bonds is 4. The molecule has 0 bridgehead atoms. The Morgan fingerprint density at radius 1 is 0.969 bits per heavy atom. The minimum Gasteiger partial charge on any atom is -0.343 e. The maximum Gasteiger partial charge on any atom is 0.255 e. The van der Waals surface area contributed by atoms with E-state index in [9.17, 15) is 18.8 Å². The van der Waals surface area contributed by atoms with Crippen molar-refractivity contribution < 1.29 is 18.8 Å². The minimum atomic E-state index is -0.505. The number of hydrogen-bond donors (Lipinski definition) is 1. The normalized spacial score (nSPS) is 14.3. The Bertz CT molecular complexity index is 1010.